The van der Waals surface area contributed by atoms with Crippen LogP contribution in [0, 0.1) is 5.82 Å². The van der Waals surface area contributed by atoms with Gasteiger partial charge in [-0.1, -0.05) is 5.16 Å². The molecule has 152 valence electrons. The maximum atomic E-state index is 13.6. The van der Waals surface area contributed by atoms with E-state index in [0.29, 0.717) is 24.1 Å². The van der Waals surface area contributed by atoms with Gasteiger partial charge in [0.15, 0.2) is 11.6 Å². The van der Waals surface area contributed by atoms with Crippen molar-refractivity contribution < 1.29 is 18.8 Å². The van der Waals surface area contributed by atoms with E-state index in [0.717, 1.165) is 17.7 Å². The molecule has 1 N–H and O–H groups in total. The van der Waals surface area contributed by atoms with Crippen LogP contribution in [0.5, 0.6) is 5.75 Å². The van der Waals surface area contributed by atoms with Crippen LogP contribution in [0.2, 0.25) is 0 Å². The van der Waals surface area contributed by atoms with E-state index in [4.69, 9.17) is 9.26 Å². The number of rotatable bonds is 5. The van der Waals surface area contributed by atoms with Crippen molar-refractivity contribution in [3.05, 3.63) is 47.8 Å². The fraction of sp³-hybridized carbons (Fsp3) is 0.364. The van der Waals surface area contributed by atoms with Gasteiger partial charge in [0.05, 0.1) is 6.61 Å². The zero-order chi connectivity index (χ0) is 20.4. The Morgan fingerprint density at radius 2 is 2.03 bits per heavy atom. The predicted octanol–water partition coefficient (Wildman–Crippen LogP) is 4.77. The second-order valence-corrected chi connectivity index (χ2v) is 7.40. The van der Waals surface area contributed by atoms with Crippen LogP contribution in [0.3, 0.4) is 0 Å². The Labute approximate surface area is 168 Å². The zero-order valence-electron chi connectivity index (χ0n) is 16.6. The first-order chi connectivity index (χ1) is 14.1. The largest absolute Gasteiger partial charge is 0.505 e. The lowest BCUT2D eigenvalue weighted by Gasteiger charge is -2.36. The summed E-state index contributed by atoms with van der Waals surface area (Å²) >= 11 is 0. The van der Waals surface area contributed by atoms with Gasteiger partial charge < -0.3 is 19.3 Å². The highest BCUT2D eigenvalue weighted by Crippen LogP contribution is 2.32. The van der Waals surface area contributed by atoms with Crippen molar-refractivity contribution in [3.8, 4) is 28.6 Å². The van der Waals surface area contributed by atoms with Gasteiger partial charge in [0.2, 0.25) is 5.82 Å². The van der Waals surface area contributed by atoms with Crippen LogP contribution < -0.4 is 4.90 Å². The van der Waals surface area contributed by atoms with Gasteiger partial charge in [0.25, 0.3) is 5.89 Å². The van der Waals surface area contributed by atoms with Crippen LogP contribution in [-0.2, 0) is 11.3 Å². The van der Waals surface area contributed by atoms with E-state index < -0.39 is 11.6 Å². The van der Waals surface area contributed by atoms with Gasteiger partial charge in [0.1, 0.15) is 0 Å². The molecule has 1 fully saturated rings. The van der Waals surface area contributed by atoms with Crippen LogP contribution in [0.4, 0.5) is 10.1 Å². The first-order valence-corrected chi connectivity index (χ1v) is 9.78. The Kier molecular flexibility index (Phi) is 5.49. The van der Waals surface area contributed by atoms with E-state index >= 15 is 0 Å². The maximum absolute atomic E-state index is 13.6. The van der Waals surface area contributed by atoms with Crippen molar-refractivity contribution in [2.45, 2.75) is 38.8 Å². The molecule has 1 aromatic heterocycles. The quantitative estimate of drug-likeness (QED) is 0.668. The number of aromatic nitrogens is 2. The number of aromatic hydroxyl groups is 1. The lowest BCUT2D eigenvalue weighted by molar-refractivity contribution is 0.185. The highest BCUT2D eigenvalue weighted by Gasteiger charge is 2.22. The van der Waals surface area contributed by atoms with Gasteiger partial charge in [-0.05, 0) is 62.6 Å². The number of phenolic OH excluding ortho intramolecular Hbond substituents is 1. The molecule has 1 saturated heterocycles. The third-order valence-corrected chi connectivity index (χ3v) is 5.37. The van der Waals surface area contributed by atoms with Crippen LogP contribution in [-0.4, -0.2) is 34.9 Å². The Hall–Kier alpha value is -2.93. The van der Waals surface area contributed by atoms with Crippen LogP contribution in [0.15, 0.2) is 40.9 Å². The molecule has 29 heavy (non-hydrogen) atoms. The molecule has 0 radical (unpaired) electrons. The summed E-state index contributed by atoms with van der Waals surface area (Å²) in [6.07, 6.45) is 3.64. The molecule has 0 aliphatic carbocycles. The second-order valence-electron chi connectivity index (χ2n) is 7.40. The number of halogens is 1. The van der Waals surface area contributed by atoms with E-state index in [9.17, 15) is 9.50 Å². The number of ether oxygens (including phenoxy) is 1. The zero-order valence-corrected chi connectivity index (χ0v) is 16.6. The number of nitrogens with zero attached hydrogens (tertiary/aromatic N) is 3. The van der Waals surface area contributed by atoms with E-state index in [2.05, 4.69) is 28.0 Å². The van der Waals surface area contributed by atoms with Gasteiger partial charge in [-0.3, -0.25) is 0 Å². The third-order valence-electron chi connectivity index (χ3n) is 5.37. The van der Waals surface area contributed by atoms with Crippen molar-refractivity contribution in [3.63, 3.8) is 0 Å². The molecule has 0 bridgehead atoms. The van der Waals surface area contributed by atoms with Gasteiger partial charge >= 0.3 is 0 Å². The van der Waals surface area contributed by atoms with Gasteiger partial charge in [-0.15, -0.1) is 0 Å². The summed E-state index contributed by atoms with van der Waals surface area (Å²) in [5, 5.41) is 13.3. The fourth-order valence-electron chi connectivity index (χ4n) is 3.83. The summed E-state index contributed by atoms with van der Waals surface area (Å²) in [5.74, 6) is -0.523. The molecule has 0 saturated carbocycles. The predicted molar refractivity (Wildman–Crippen MR) is 108 cm³/mol. The highest BCUT2D eigenvalue weighted by molar-refractivity contribution is 5.66. The lowest BCUT2D eigenvalue weighted by atomic mass is 10.00. The van der Waals surface area contributed by atoms with Crippen LogP contribution in [0.1, 0.15) is 31.7 Å². The summed E-state index contributed by atoms with van der Waals surface area (Å²) in [4.78, 5) is 6.83. The minimum absolute atomic E-state index is 0.265. The van der Waals surface area contributed by atoms with E-state index in [1.807, 2.05) is 12.1 Å². The summed E-state index contributed by atoms with van der Waals surface area (Å²) in [6, 6.07) is 10.5. The number of hydrogen-bond donors (Lipinski definition) is 1. The van der Waals surface area contributed by atoms with E-state index in [1.54, 1.807) is 13.2 Å². The first kappa shape index (κ1) is 19.4. The molecule has 2 heterocycles. The topological polar surface area (TPSA) is 71.6 Å². The minimum atomic E-state index is -0.726. The average molecular weight is 397 g/mol. The van der Waals surface area contributed by atoms with Gasteiger partial charge in [-0.25, -0.2) is 4.39 Å². The average Bonchev–Trinajstić information content (AvgIpc) is 3.21. The summed E-state index contributed by atoms with van der Waals surface area (Å²) < 4.78 is 24.5. The van der Waals surface area contributed by atoms with Crippen molar-refractivity contribution in [2.75, 3.05) is 18.6 Å². The monoisotopic (exact) mass is 397 g/mol. The molecule has 4 rings (SSSR count). The van der Waals surface area contributed by atoms with Crippen LogP contribution >= 0.6 is 0 Å². The Morgan fingerprint density at radius 1 is 1.21 bits per heavy atom. The molecular weight excluding hydrogens is 373 g/mol. The van der Waals surface area contributed by atoms with E-state index in [-0.39, 0.29) is 5.82 Å². The van der Waals surface area contributed by atoms with Crippen molar-refractivity contribution in [2.24, 2.45) is 0 Å². The molecule has 0 amide bonds. The molecule has 0 spiro atoms. The summed E-state index contributed by atoms with van der Waals surface area (Å²) in [6.45, 7) is 3.77. The normalized spacial score (nSPS) is 16.9. The molecule has 1 aliphatic rings. The van der Waals surface area contributed by atoms with Crippen molar-refractivity contribution in [1.29, 1.82) is 0 Å². The summed E-state index contributed by atoms with van der Waals surface area (Å²) in [7, 11) is 1.68. The maximum Gasteiger partial charge on any atom is 0.258 e. The summed E-state index contributed by atoms with van der Waals surface area (Å²) in [5.41, 5.74) is 3.45. The van der Waals surface area contributed by atoms with Crippen LogP contribution in [0.25, 0.3) is 22.8 Å². The molecule has 3 aromatic rings. The molecule has 1 aliphatic heterocycles. The molecule has 7 heteroatoms. The first-order valence-electron chi connectivity index (χ1n) is 9.78. The third kappa shape index (κ3) is 3.96. The Bertz CT molecular complexity index is 1000. The minimum Gasteiger partial charge on any atom is -0.505 e. The number of hydrogen-bond acceptors (Lipinski definition) is 6. The lowest BCUT2D eigenvalue weighted by Crippen LogP contribution is -2.38. The number of anilines is 1. The van der Waals surface area contributed by atoms with Gasteiger partial charge in [-0.2, -0.15) is 4.98 Å². The Balaban J connectivity index is 1.66. The molecular formula is C22H24FN3O3. The van der Waals surface area contributed by atoms with E-state index in [1.165, 1.54) is 37.1 Å². The number of methoxy groups -OCH3 is 1. The molecule has 1 atom stereocenters. The molecule has 2 aromatic carbocycles. The smallest absolute Gasteiger partial charge is 0.258 e. The second kappa shape index (κ2) is 8.21. The fourth-order valence-corrected chi connectivity index (χ4v) is 3.83. The number of piperidine rings is 1. The Morgan fingerprint density at radius 3 is 2.79 bits per heavy atom. The highest BCUT2D eigenvalue weighted by atomic mass is 19.1. The molecule has 1 unspecified atom stereocenters. The van der Waals surface area contributed by atoms with Crippen molar-refractivity contribution >= 4 is 5.69 Å². The molecule has 6 nitrogen and oxygen atoms in total. The van der Waals surface area contributed by atoms with Gasteiger partial charge in [0, 0.05) is 42.1 Å². The van der Waals surface area contributed by atoms with Crippen molar-refractivity contribution in [1.82, 2.24) is 10.1 Å². The standard InChI is InChI=1S/C22H24FN3O3/c1-14-5-3-4-10-26(14)19-8-6-16(11-17(19)13-28-2)22-24-21(25-29-22)15-7-9-20(27)18(23)12-15/h6-9,11-12,14,27H,3-5,10,13H2,1-2H3. The number of phenols is 1. The SMILES string of the molecule is COCc1cc(-c2nc(-c3ccc(O)c(F)c3)no2)ccc1N1CCCCC1C. The number of benzene rings is 2.